The lowest BCUT2D eigenvalue weighted by atomic mass is 10.2. The van der Waals surface area contributed by atoms with Gasteiger partial charge >= 0.3 is 6.03 Å². The molecule has 0 spiro atoms. The molecular weight excluding hydrogens is 296 g/mol. The Morgan fingerprint density at radius 3 is 2.94 bits per heavy atom. The molecule has 0 saturated carbocycles. The Kier molecular flexibility index (Phi) is 6.46. The number of hydrogen-bond donors (Lipinski definition) is 2. The number of carbonyl (C=O) groups excluding carboxylic acids is 1. The van der Waals surface area contributed by atoms with E-state index in [-0.39, 0.29) is 12.6 Å². The van der Waals surface area contributed by atoms with Crippen LogP contribution in [0.2, 0.25) is 0 Å². The molecule has 0 atom stereocenters. The maximum atomic E-state index is 11.8. The second-order valence-electron chi connectivity index (χ2n) is 3.75. The van der Waals surface area contributed by atoms with E-state index < -0.39 is 0 Å². The zero-order chi connectivity index (χ0) is 13.4. The van der Waals surface area contributed by atoms with Crippen molar-refractivity contribution in [3.63, 3.8) is 0 Å². The van der Waals surface area contributed by atoms with Crippen molar-refractivity contribution in [3.8, 4) is 0 Å². The molecule has 0 aliphatic heterocycles. The molecule has 0 aromatic heterocycles. The van der Waals surface area contributed by atoms with Crippen molar-refractivity contribution in [1.29, 1.82) is 0 Å². The van der Waals surface area contributed by atoms with Crippen LogP contribution in [-0.2, 0) is 6.54 Å². The van der Waals surface area contributed by atoms with Gasteiger partial charge in [0.15, 0.2) is 0 Å². The average Bonchev–Trinajstić information content (AvgIpc) is 2.36. The lowest BCUT2D eigenvalue weighted by molar-refractivity contribution is 0.183. The smallest absolute Gasteiger partial charge is 0.318 e. The normalized spacial score (nSPS) is 9.89. The molecular formula is C13H17BrN2O2. The fourth-order valence-corrected chi connectivity index (χ4v) is 1.94. The van der Waals surface area contributed by atoms with Crippen LogP contribution >= 0.6 is 15.9 Å². The van der Waals surface area contributed by atoms with Gasteiger partial charge in [0, 0.05) is 24.1 Å². The van der Waals surface area contributed by atoms with Crippen LogP contribution < -0.4 is 5.32 Å². The molecule has 18 heavy (non-hydrogen) atoms. The Balaban J connectivity index is 2.50. The van der Waals surface area contributed by atoms with Crippen molar-refractivity contribution < 1.29 is 9.90 Å². The Morgan fingerprint density at radius 2 is 2.33 bits per heavy atom. The Labute approximate surface area is 115 Å². The molecule has 0 heterocycles. The van der Waals surface area contributed by atoms with Crippen LogP contribution in [0.25, 0.3) is 0 Å². The quantitative estimate of drug-likeness (QED) is 0.791. The number of hydrogen-bond acceptors (Lipinski definition) is 2. The first-order valence-corrected chi connectivity index (χ1v) is 6.45. The van der Waals surface area contributed by atoms with Gasteiger partial charge in [-0.1, -0.05) is 34.1 Å². The Hall–Kier alpha value is -1.33. The minimum absolute atomic E-state index is 0.0574. The number of aliphatic hydroxyl groups is 1. The van der Waals surface area contributed by atoms with E-state index in [0.717, 1.165) is 10.0 Å². The van der Waals surface area contributed by atoms with E-state index in [1.54, 1.807) is 6.08 Å². The molecule has 0 aliphatic rings. The monoisotopic (exact) mass is 312 g/mol. The summed E-state index contributed by atoms with van der Waals surface area (Å²) in [5.74, 6) is 0. The van der Waals surface area contributed by atoms with E-state index in [1.165, 1.54) is 4.90 Å². The van der Waals surface area contributed by atoms with Crippen LogP contribution in [0.1, 0.15) is 5.56 Å². The van der Waals surface area contributed by atoms with E-state index in [0.29, 0.717) is 19.6 Å². The number of aliphatic hydroxyl groups excluding tert-OH is 1. The van der Waals surface area contributed by atoms with E-state index in [1.807, 2.05) is 24.3 Å². The van der Waals surface area contributed by atoms with Gasteiger partial charge in [-0.3, -0.25) is 0 Å². The molecule has 0 unspecified atom stereocenters. The number of benzene rings is 1. The van der Waals surface area contributed by atoms with Crippen molar-refractivity contribution in [2.75, 3.05) is 19.7 Å². The number of rotatable bonds is 6. The highest BCUT2D eigenvalue weighted by Gasteiger charge is 2.10. The molecule has 1 aromatic rings. The first kappa shape index (κ1) is 14.7. The summed E-state index contributed by atoms with van der Waals surface area (Å²) in [6.07, 6.45) is 1.63. The van der Waals surface area contributed by atoms with Gasteiger partial charge in [-0.05, 0) is 17.7 Å². The molecule has 0 bridgehead atoms. The van der Waals surface area contributed by atoms with Crippen molar-refractivity contribution >= 4 is 22.0 Å². The summed E-state index contributed by atoms with van der Waals surface area (Å²) in [7, 11) is 0. The van der Waals surface area contributed by atoms with Crippen LogP contribution in [0.15, 0.2) is 41.4 Å². The van der Waals surface area contributed by atoms with Crippen molar-refractivity contribution in [3.05, 3.63) is 47.0 Å². The van der Waals surface area contributed by atoms with E-state index in [4.69, 9.17) is 5.11 Å². The standard InChI is InChI=1S/C13H17BrN2O2/c1-2-6-16(7-8-17)13(18)15-10-11-4-3-5-12(14)9-11/h2-5,9,17H,1,6-8,10H2,(H,15,18). The third kappa shape index (κ3) is 4.89. The highest BCUT2D eigenvalue weighted by Crippen LogP contribution is 2.11. The predicted molar refractivity (Wildman–Crippen MR) is 75.2 cm³/mol. The zero-order valence-corrected chi connectivity index (χ0v) is 11.7. The number of nitrogens with zero attached hydrogens (tertiary/aromatic N) is 1. The third-order valence-corrected chi connectivity index (χ3v) is 2.83. The maximum absolute atomic E-state index is 11.8. The largest absolute Gasteiger partial charge is 0.395 e. The van der Waals surface area contributed by atoms with Crippen molar-refractivity contribution in [1.82, 2.24) is 10.2 Å². The molecule has 1 rings (SSSR count). The van der Waals surface area contributed by atoms with E-state index in [9.17, 15) is 4.79 Å². The van der Waals surface area contributed by atoms with Gasteiger partial charge in [0.1, 0.15) is 0 Å². The maximum Gasteiger partial charge on any atom is 0.318 e. The second kappa shape index (κ2) is 7.89. The minimum atomic E-state index is -0.205. The van der Waals surface area contributed by atoms with Crippen LogP contribution in [0, 0.1) is 0 Å². The van der Waals surface area contributed by atoms with Gasteiger partial charge in [0.25, 0.3) is 0 Å². The molecule has 0 radical (unpaired) electrons. The first-order chi connectivity index (χ1) is 8.67. The van der Waals surface area contributed by atoms with Crippen LogP contribution in [0.3, 0.4) is 0 Å². The van der Waals surface area contributed by atoms with E-state index in [2.05, 4.69) is 27.8 Å². The average molecular weight is 313 g/mol. The third-order valence-electron chi connectivity index (χ3n) is 2.34. The molecule has 2 N–H and O–H groups in total. The highest BCUT2D eigenvalue weighted by atomic mass is 79.9. The summed E-state index contributed by atoms with van der Waals surface area (Å²) in [5, 5.41) is 11.7. The Bertz CT molecular complexity index is 410. The lowest BCUT2D eigenvalue weighted by Crippen LogP contribution is -2.41. The topological polar surface area (TPSA) is 52.6 Å². The highest BCUT2D eigenvalue weighted by molar-refractivity contribution is 9.10. The number of halogens is 1. The fourth-order valence-electron chi connectivity index (χ4n) is 1.49. The molecule has 98 valence electrons. The molecule has 1 aromatic carbocycles. The SMILES string of the molecule is C=CCN(CCO)C(=O)NCc1cccc(Br)c1. The summed E-state index contributed by atoms with van der Waals surface area (Å²) >= 11 is 3.38. The van der Waals surface area contributed by atoms with Gasteiger partial charge in [0.2, 0.25) is 0 Å². The van der Waals surface area contributed by atoms with Crippen LogP contribution in [0.5, 0.6) is 0 Å². The summed E-state index contributed by atoms with van der Waals surface area (Å²) in [5.41, 5.74) is 1.01. The van der Waals surface area contributed by atoms with Crippen LogP contribution in [0.4, 0.5) is 4.79 Å². The predicted octanol–water partition coefficient (Wildman–Crippen LogP) is 2.14. The zero-order valence-electron chi connectivity index (χ0n) is 10.1. The molecule has 0 fully saturated rings. The lowest BCUT2D eigenvalue weighted by Gasteiger charge is -2.20. The molecule has 5 heteroatoms. The van der Waals surface area contributed by atoms with Crippen molar-refractivity contribution in [2.24, 2.45) is 0 Å². The number of urea groups is 1. The number of amides is 2. The summed E-state index contributed by atoms with van der Waals surface area (Å²) in [6, 6.07) is 7.53. The van der Waals surface area contributed by atoms with E-state index >= 15 is 0 Å². The molecule has 0 aliphatic carbocycles. The van der Waals surface area contributed by atoms with Crippen molar-refractivity contribution in [2.45, 2.75) is 6.54 Å². The van der Waals surface area contributed by atoms with Gasteiger partial charge in [-0.15, -0.1) is 6.58 Å². The Morgan fingerprint density at radius 1 is 1.56 bits per heavy atom. The minimum Gasteiger partial charge on any atom is -0.395 e. The molecule has 2 amide bonds. The van der Waals surface area contributed by atoms with Gasteiger partial charge < -0.3 is 15.3 Å². The molecule has 0 saturated heterocycles. The molecule has 4 nitrogen and oxygen atoms in total. The second-order valence-corrected chi connectivity index (χ2v) is 4.66. The number of nitrogens with one attached hydrogen (secondary N) is 1. The van der Waals surface area contributed by atoms with Gasteiger partial charge in [0.05, 0.1) is 6.61 Å². The van der Waals surface area contributed by atoms with Crippen LogP contribution in [-0.4, -0.2) is 35.7 Å². The van der Waals surface area contributed by atoms with Gasteiger partial charge in [-0.25, -0.2) is 4.79 Å². The summed E-state index contributed by atoms with van der Waals surface area (Å²) in [4.78, 5) is 13.3. The fraction of sp³-hybridized carbons (Fsp3) is 0.308. The summed E-state index contributed by atoms with van der Waals surface area (Å²) in [6.45, 7) is 4.71. The summed E-state index contributed by atoms with van der Waals surface area (Å²) < 4.78 is 0.979. The first-order valence-electron chi connectivity index (χ1n) is 5.66. The number of carbonyl (C=O) groups is 1. The van der Waals surface area contributed by atoms with Gasteiger partial charge in [-0.2, -0.15) is 0 Å².